The Balaban J connectivity index is 1.77. The first-order valence-electron chi connectivity index (χ1n) is 11.0. The van der Waals surface area contributed by atoms with Crippen LogP contribution in [0.1, 0.15) is 62.4 Å². The highest BCUT2D eigenvalue weighted by molar-refractivity contribution is 5.96. The van der Waals surface area contributed by atoms with Gasteiger partial charge in [-0.3, -0.25) is 9.59 Å². The van der Waals surface area contributed by atoms with Crippen molar-refractivity contribution in [2.75, 3.05) is 6.54 Å². The maximum Gasteiger partial charge on any atom is 0.378 e. The molecule has 3 heterocycles. The van der Waals surface area contributed by atoms with Crippen LogP contribution in [0.2, 0.25) is 0 Å². The van der Waals surface area contributed by atoms with Gasteiger partial charge in [0.05, 0.1) is 18.3 Å². The van der Waals surface area contributed by atoms with E-state index in [2.05, 4.69) is 10.4 Å². The number of fused-ring (bicyclic) bond motifs is 1. The van der Waals surface area contributed by atoms with Gasteiger partial charge in [0.15, 0.2) is 0 Å². The summed E-state index contributed by atoms with van der Waals surface area (Å²) in [7, 11) is 0. The Labute approximate surface area is 180 Å². The van der Waals surface area contributed by atoms with E-state index in [0.717, 1.165) is 32.2 Å². The minimum atomic E-state index is -0.621. The maximum absolute atomic E-state index is 13.0. The van der Waals surface area contributed by atoms with Crippen LogP contribution in [0.25, 0.3) is 11.7 Å². The molecule has 0 bridgehead atoms. The predicted octanol–water partition coefficient (Wildman–Crippen LogP) is 1.19. The van der Waals surface area contributed by atoms with Crippen LogP contribution in [0.4, 0.5) is 0 Å². The van der Waals surface area contributed by atoms with Crippen LogP contribution < -0.4 is 15.4 Å². The first-order chi connectivity index (χ1) is 14.8. The summed E-state index contributed by atoms with van der Waals surface area (Å²) in [6, 6.07) is 0.275. The van der Waals surface area contributed by atoms with Gasteiger partial charge in [-0.05, 0) is 44.6 Å². The van der Waals surface area contributed by atoms with Gasteiger partial charge in [-0.25, -0.2) is 9.89 Å². The number of aromatic hydroxyl groups is 1. The van der Waals surface area contributed by atoms with E-state index in [-0.39, 0.29) is 35.4 Å². The van der Waals surface area contributed by atoms with Crippen LogP contribution in [0.5, 0.6) is 5.88 Å². The second kappa shape index (κ2) is 8.20. The number of hydrogen-bond donors (Lipinski definition) is 3. The lowest BCUT2D eigenvalue weighted by molar-refractivity contribution is -0.686. The molecule has 9 heteroatoms. The lowest BCUT2D eigenvalue weighted by Gasteiger charge is -2.19. The fourth-order valence-corrected chi connectivity index (χ4v) is 4.13. The second-order valence-electron chi connectivity index (χ2n) is 9.00. The van der Waals surface area contributed by atoms with Crippen molar-refractivity contribution in [3.05, 3.63) is 33.8 Å². The summed E-state index contributed by atoms with van der Waals surface area (Å²) in [5, 5.41) is 16.6. The van der Waals surface area contributed by atoms with E-state index in [4.69, 9.17) is 0 Å². The molecule has 1 saturated carbocycles. The van der Waals surface area contributed by atoms with Crippen molar-refractivity contribution in [3.8, 4) is 5.88 Å². The number of nitrogens with one attached hydrogen (secondary N) is 2. The molecule has 0 spiro atoms. The molecule has 2 amide bonds. The molecule has 2 aromatic heterocycles. The van der Waals surface area contributed by atoms with Crippen molar-refractivity contribution in [1.82, 2.24) is 19.8 Å². The number of H-pyrrole nitrogens is 1. The number of nitrogens with zero attached hydrogens (tertiary/aromatic N) is 3. The summed E-state index contributed by atoms with van der Waals surface area (Å²) in [5.41, 5.74) is 0.106. The third-order valence-corrected chi connectivity index (χ3v) is 5.90. The molecule has 0 unspecified atom stereocenters. The largest absolute Gasteiger partial charge is 0.477 e. The SMILES string of the molecule is CC(C)C[n+]1c(O)c(C(=O)NC2CC2)c(=O)n2[nH]cc(/C=C/C(=O)N3CCC[C@H]3C)c21. The minimum Gasteiger partial charge on any atom is -0.477 e. The number of carbonyl (C=O) groups excluding carboxylic acids is 2. The fraction of sp³-hybridized carbons (Fsp3) is 0.545. The Kier molecular flexibility index (Phi) is 5.60. The Hall–Kier alpha value is -3.10. The average molecular weight is 429 g/mol. The summed E-state index contributed by atoms with van der Waals surface area (Å²) >= 11 is 0. The van der Waals surface area contributed by atoms with Crippen molar-refractivity contribution in [2.45, 2.75) is 65.1 Å². The highest BCUT2D eigenvalue weighted by Gasteiger charge is 2.34. The van der Waals surface area contributed by atoms with E-state index in [1.54, 1.807) is 16.8 Å². The van der Waals surface area contributed by atoms with Gasteiger partial charge in [-0.1, -0.05) is 18.4 Å². The zero-order valence-corrected chi connectivity index (χ0v) is 18.2. The van der Waals surface area contributed by atoms with Gasteiger partial charge < -0.3 is 15.3 Å². The Morgan fingerprint density at radius 1 is 1.35 bits per heavy atom. The monoisotopic (exact) mass is 428 g/mol. The van der Waals surface area contributed by atoms with E-state index < -0.39 is 11.5 Å². The molecule has 166 valence electrons. The molecule has 4 rings (SSSR count). The van der Waals surface area contributed by atoms with Crippen LogP contribution in [-0.2, 0) is 11.3 Å². The predicted molar refractivity (Wildman–Crippen MR) is 115 cm³/mol. The number of amides is 2. The van der Waals surface area contributed by atoms with Gasteiger partial charge in [-0.15, -0.1) is 0 Å². The number of aromatic amines is 1. The molecule has 1 aliphatic heterocycles. The number of aromatic nitrogens is 3. The van der Waals surface area contributed by atoms with E-state index in [1.165, 1.54) is 10.6 Å². The maximum atomic E-state index is 13.0. The normalized spacial score (nSPS) is 19.1. The Morgan fingerprint density at radius 2 is 2.10 bits per heavy atom. The quantitative estimate of drug-likeness (QED) is 0.474. The molecular weight excluding hydrogens is 398 g/mol. The Bertz CT molecular complexity index is 1110. The van der Waals surface area contributed by atoms with Crippen molar-refractivity contribution >= 4 is 23.5 Å². The molecular formula is C22H30N5O4+. The summed E-state index contributed by atoms with van der Waals surface area (Å²) in [6.45, 7) is 7.14. The van der Waals surface area contributed by atoms with E-state index in [9.17, 15) is 19.5 Å². The van der Waals surface area contributed by atoms with Gasteiger partial charge in [-0.2, -0.15) is 4.57 Å². The van der Waals surface area contributed by atoms with Crippen molar-refractivity contribution in [3.63, 3.8) is 0 Å². The van der Waals surface area contributed by atoms with Crippen LogP contribution >= 0.6 is 0 Å². The van der Waals surface area contributed by atoms with Crippen molar-refractivity contribution < 1.29 is 19.3 Å². The number of rotatable bonds is 6. The van der Waals surface area contributed by atoms with Gasteiger partial charge in [0, 0.05) is 24.7 Å². The average Bonchev–Trinajstić information content (AvgIpc) is 3.24. The lowest BCUT2D eigenvalue weighted by Crippen LogP contribution is -2.46. The topological polar surface area (TPSA) is 111 Å². The van der Waals surface area contributed by atoms with Gasteiger partial charge in [0.2, 0.25) is 11.5 Å². The molecule has 2 aliphatic rings. The van der Waals surface area contributed by atoms with Crippen LogP contribution in [-0.4, -0.2) is 50.1 Å². The summed E-state index contributed by atoms with van der Waals surface area (Å²) < 4.78 is 2.82. The zero-order chi connectivity index (χ0) is 22.3. The molecule has 3 N–H and O–H groups in total. The smallest absolute Gasteiger partial charge is 0.378 e. The number of carbonyl (C=O) groups is 2. The molecule has 31 heavy (non-hydrogen) atoms. The molecule has 0 aromatic carbocycles. The molecule has 1 aliphatic carbocycles. The third kappa shape index (κ3) is 4.08. The number of likely N-dealkylation sites (tertiary alicyclic amines) is 1. The molecule has 2 aromatic rings. The summed E-state index contributed by atoms with van der Waals surface area (Å²) in [4.78, 5) is 40.1. The first kappa shape index (κ1) is 21.1. The zero-order valence-electron chi connectivity index (χ0n) is 18.2. The van der Waals surface area contributed by atoms with Crippen LogP contribution in [0.15, 0.2) is 17.1 Å². The molecule has 0 radical (unpaired) electrons. The molecule has 9 nitrogen and oxygen atoms in total. The van der Waals surface area contributed by atoms with Crippen LogP contribution in [0.3, 0.4) is 0 Å². The first-order valence-corrected chi connectivity index (χ1v) is 11.0. The summed E-state index contributed by atoms with van der Waals surface area (Å²) in [5.74, 6) is -0.852. The Morgan fingerprint density at radius 3 is 2.71 bits per heavy atom. The van der Waals surface area contributed by atoms with E-state index >= 15 is 0 Å². The van der Waals surface area contributed by atoms with E-state index in [1.807, 2.05) is 25.7 Å². The highest BCUT2D eigenvalue weighted by Crippen LogP contribution is 2.21. The second-order valence-corrected chi connectivity index (χ2v) is 9.00. The minimum absolute atomic E-state index is 0.0617. The fourth-order valence-electron chi connectivity index (χ4n) is 4.13. The van der Waals surface area contributed by atoms with Crippen LogP contribution in [0, 0.1) is 5.92 Å². The molecule has 2 fully saturated rings. The number of hydrogen-bond acceptors (Lipinski definition) is 4. The lowest BCUT2D eigenvalue weighted by atomic mass is 10.2. The van der Waals surface area contributed by atoms with Gasteiger partial charge in [0.1, 0.15) is 0 Å². The van der Waals surface area contributed by atoms with Crippen molar-refractivity contribution in [1.29, 1.82) is 0 Å². The van der Waals surface area contributed by atoms with Gasteiger partial charge >= 0.3 is 17.1 Å². The van der Waals surface area contributed by atoms with Crippen molar-refractivity contribution in [2.24, 2.45) is 5.92 Å². The van der Waals surface area contributed by atoms with E-state index in [0.29, 0.717) is 17.8 Å². The highest BCUT2D eigenvalue weighted by atomic mass is 16.3. The molecule has 1 atom stereocenters. The summed E-state index contributed by atoms with van der Waals surface area (Å²) in [6.07, 6.45) is 8.51. The third-order valence-electron chi connectivity index (χ3n) is 5.90. The standard InChI is InChI=1S/C22H29N5O4/c1-13(2)12-26-20-15(6-9-17(28)25-10-4-5-14(25)3)11-23-27(20)22(31)18(21(26)30)19(29)24-16-7-8-16/h6,9,11,13-14,16H,4-5,7-8,10,12H2,1-3H3,(H2,24,29,30,31)/p+1/b9-6+/t14-/m1/s1. The van der Waals surface area contributed by atoms with Gasteiger partial charge in [0.25, 0.3) is 5.91 Å². The molecule has 1 saturated heterocycles.